The summed E-state index contributed by atoms with van der Waals surface area (Å²) in [5.41, 5.74) is -0.368. The summed E-state index contributed by atoms with van der Waals surface area (Å²) in [4.78, 5) is 0. The van der Waals surface area contributed by atoms with Crippen molar-refractivity contribution in [2.24, 2.45) is 0 Å². The molecule has 0 amide bonds. The molecule has 1 unspecified atom stereocenters. The van der Waals surface area contributed by atoms with Gasteiger partial charge in [-0.15, -0.1) is 0 Å². The van der Waals surface area contributed by atoms with Gasteiger partial charge in [-0.05, 0) is 36.9 Å². The van der Waals surface area contributed by atoms with Crippen molar-refractivity contribution in [2.75, 3.05) is 7.05 Å². The van der Waals surface area contributed by atoms with E-state index < -0.39 is 23.6 Å². The summed E-state index contributed by atoms with van der Waals surface area (Å²) in [7, 11) is 1.54. The molecule has 0 aromatic heterocycles. The van der Waals surface area contributed by atoms with Crippen LogP contribution in [0, 0.1) is 5.82 Å². The van der Waals surface area contributed by atoms with Crippen LogP contribution in [-0.4, -0.2) is 7.05 Å². The Morgan fingerprint density at radius 3 is 2.33 bits per heavy atom. The summed E-state index contributed by atoms with van der Waals surface area (Å²) >= 11 is 5.98. The maximum Gasteiger partial charge on any atom is 0.416 e. The molecule has 1 nitrogen and oxygen atoms in total. The highest BCUT2D eigenvalue weighted by molar-refractivity contribution is 6.31. The van der Waals surface area contributed by atoms with Crippen LogP contribution in [0.4, 0.5) is 17.6 Å². The maximum absolute atomic E-state index is 14.0. The molecule has 0 aliphatic heterocycles. The number of benzene rings is 2. The molecule has 1 atom stereocenters. The average molecular weight is 318 g/mol. The molecule has 2 aromatic rings. The number of halogens is 5. The highest BCUT2D eigenvalue weighted by atomic mass is 35.5. The molecule has 0 spiro atoms. The summed E-state index contributed by atoms with van der Waals surface area (Å²) in [6.07, 6.45) is -4.45. The Labute approximate surface area is 124 Å². The van der Waals surface area contributed by atoms with Crippen molar-refractivity contribution in [1.29, 1.82) is 0 Å². The predicted octanol–water partition coefficient (Wildman–Crippen LogP) is 4.81. The fourth-order valence-corrected chi connectivity index (χ4v) is 2.43. The normalized spacial score (nSPS) is 13.2. The van der Waals surface area contributed by atoms with Gasteiger partial charge in [0.1, 0.15) is 5.82 Å². The first-order chi connectivity index (χ1) is 9.84. The molecule has 6 heteroatoms. The second-order valence-corrected chi connectivity index (χ2v) is 4.89. The van der Waals surface area contributed by atoms with Gasteiger partial charge in [0.15, 0.2) is 0 Å². The van der Waals surface area contributed by atoms with Crippen LogP contribution in [0.1, 0.15) is 22.7 Å². The fraction of sp³-hybridized carbons (Fsp3) is 0.200. The van der Waals surface area contributed by atoms with E-state index in [-0.39, 0.29) is 10.6 Å². The Hall–Kier alpha value is -1.59. The molecule has 1 N–H and O–H groups in total. The van der Waals surface area contributed by atoms with Crippen LogP contribution in [-0.2, 0) is 6.18 Å². The zero-order valence-corrected chi connectivity index (χ0v) is 11.8. The zero-order chi connectivity index (χ0) is 15.6. The summed E-state index contributed by atoms with van der Waals surface area (Å²) in [5, 5.41) is 2.96. The Morgan fingerprint density at radius 1 is 1.10 bits per heavy atom. The third-order valence-corrected chi connectivity index (χ3v) is 3.45. The van der Waals surface area contributed by atoms with Crippen LogP contribution < -0.4 is 5.32 Å². The summed E-state index contributed by atoms with van der Waals surface area (Å²) in [6.45, 7) is 0. The smallest absolute Gasteiger partial charge is 0.309 e. The van der Waals surface area contributed by atoms with Gasteiger partial charge in [-0.3, -0.25) is 0 Å². The first-order valence-corrected chi connectivity index (χ1v) is 6.50. The van der Waals surface area contributed by atoms with Gasteiger partial charge in [0.05, 0.1) is 11.6 Å². The first kappa shape index (κ1) is 15.8. The Bertz CT molecular complexity index is 620. The van der Waals surface area contributed by atoms with Crippen molar-refractivity contribution in [3.8, 4) is 0 Å². The quantitative estimate of drug-likeness (QED) is 0.801. The third-order valence-electron chi connectivity index (χ3n) is 3.12. The van der Waals surface area contributed by atoms with E-state index in [1.165, 1.54) is 37.4 Å². The van der Waals surface area contributed by atoms with Gasteiger partial charge < -0.3 is 5.32 Å². The lowest BCUT2D eigenvalue weighted by molar-refractivity contribution is -0.137. The van der Waals surface area contributed by atoms with Crippen molar-refractivity contribution in [1.82, 2.24) is 5.32 Å². The minimum atomic E-state index is -4.45. The lowest BCUT2D eigenvalue weighted by Crippen LogP contribution is -2.20. The van der Waals surface area contributed by atoms with Gasteiger partial charge in [-0.2, -0.15) is 13.2 Å². The van der Waals surface area contributed by atoms with Crippen LogP contribution in [0.2, 0.25) is 5.02 Å². The third kappa shape index (κ3) is 3.36. The number of alkyl halides is 3. The molecular weight excluding hydrogens is 306 g/mol. The van der Waals surface area contributed by atoms with Gasteiger partial charge in [-0.25, -0.2) is 4.39 Å². The molecule has 2 aromatic carbocycles. The highest BCUT2D eigenvalue weighted by Gasteiger charge is 2.31. The fourth-order valence-electron chi connectivity index (χ4n) is 2.16. The molecule has 21 heavy (non-hydrogen) atoms. The molecule has 0 fully saturated rings. The summed E-state index contributed by atoms with van der Waals surface area (Å²) < 4.78 is 52.3. The molecule has 0 bridgehead atoms. The van der Waals surface area contributed by atoms with Crippen molar-refractivity contribution >= 4 is 11.6 Å². The standard InChI is InChI=1S/C15H12ClF4N/c1-21-14(13-11(16)6-3-7-12(13)17)9-4-2-5-10(8-9)15(18,19)20/h2-8,14,21H,1H3. The second-order valence-electron chi connectivity index (χ2n) is 4.48. The molecule has 0 saturated heterocycles. The van der Waals surface area contributed by atoms with Gasteiger partial charge >= 0.3 is 6.18 Å². The SMILES string of the molecule is CNC(c1cccc(C(F)(F)F)c1)c1c(F)cccc1Cl. The number of hydrogen-bond acceptors (Lipinski definition) is 1. The van der Waals surface area contributed by atoms with Crippen LogP contribution in [0.25, 0.3) is 0 Å². The van der Waals surface area contributed by atoms with E-state index in [1.807, 2.05) is 0 Å². The molecule has 0 saturated carbocycles. The number of nitrogens with one attached hydrogen (secondary N) is 1. The molecule has 112 valence electrons. The van der Waals surface area contributed by atoms with E-state index in [9.17, 15) is 17.6 Å². The van der Waals surface area contributed by atoms with Crippen LogP contribution >= 0.6 is 11.6 Å². The first-order valence-electron chi connectivity index (χ1n) is 6.13. The van der Waals surface area contributed by atoms with E-state index in [1.54, 1.807) is 0 Å². The van der Waals surface area contributed by atoms with Gasteiger partial charge in [-0.1, -0.05) is 29.8 Å². The van der Waals surface area contributed by atoms with Gasteiger partial charge in [0, 0.05) is 10.6 Å². The van der Waals surface area contributed by atoms with E-state index in [4.69, 9.17) is 11.6 Å². The Balaban J connectivity index is 2.52. The molecule has 2 rings (SSSR count). The molecular formula is C15H12ClF4N. The zero-order valence-electron chi connectivity index (χ0n) is 11.0. The number of rotatable bonds is 3. The minimum Gasteiger partial charge on any atom is -0.309 e. The Kier molecular flexibility index (Phi) is 4.54. The van der Waals surface area contributed by atoms with Crippen molar-refractivity contribution < 1.29 is 17.6 Å². The van der Waals surface area contributed by atoms with E-state index in [0.29, 0.717) is 5.56 Å². The van der Waals surface area contributed by atoms with Crippen molar-refractivity contribution in [3.05, 3.63) is 70.0 Å². The molecule has 0 radical (unpaired) electrons. The molecule has 0 aliphatic carbocycles. The number of hydrogen-bond donors (Lipinski definition) is 1. The van der Waals surface area contributed by atoms with E-state index in [0.717, 1.165) is 12.1 Å². The lowest BCUT2D eigenvalue weighted by Gasteiger charge is -2.20. The van der Waals surface area contributed by atoms with Gasteiger partial charge in [0.2, 0.25) is 0 Å². The summed E-state index contributed by atoms with van der Waals surface area (Å²) in [5.74, 6) is -0.570. The highest BCUT2D eigenvalue weighted by Crippen LogP contribution is 2.34. The molecule has 0 heterocycles. The molecule has 0 aliphatic rings. The maximum atomic E-state index is 14.0. The van der Waals surface area contributed by atoms with E-state index >= 15 is 0 Å². The van der Waals surface area contributed by atoms with Gasteiger partial charge in [0.25, 0.3) is 0 Å². The Morgan fingerprint density at radius 2 is 1.76 bits per heavy atom. The minimum absolute atomic E-state index is 0.126. The topological polar surface area (TPSA) is 12.0 Å². The largest absolute Gasteiger partial charge is 0.416 e. The van der Waals surface area contributed by atoms with Crippen LogP contribution in [0.5, 0.6) is 0 Å². The lowest BCUT2D eigenvalue weighted by atomic mass is 9.96. The predicted molar refractivity (Wildman–Crippen MR) is 73.8 cm³/mol. The van der Waals surface area contributed by atoms with E-state index in [2.05, 4.69) is 5.32 Å². The average Bonchev–Trinajstić information content (AvgIpc) is 2.42. The monoisotopic (exact) mass is 317 g/mol. The summed E-state index contributed by atoms with van der Waals surface area (Å²) in [6, 6.07) is 8.15. The van der Waals surface area contributed by atoms with Crippen molar-refractivity contribution in [3.63, 3.8) is 0 Å². The van der Waals surface area contributed by atoms with Crippen LogP contribution in [0.15, 0.2) is 42.5 Å². The van der Waals surface area contributed by atoms with Crippen molar-refractivity contribution in [2.45, 2.75) is 12.2 Å². The van der Waals surface area contributed by atoms with Crippen LogP contribution in [0.3, 0.4) is 0 Å². The second kappa shape index (κ2) is 6.03.